The second kappa shape index (κ2) is 8.83. The molecule has 0 saturated heterocycles. The molecule has 0 aliphatic carbocycles. The number of hydrogen-bond acceptors (Lipinski definition) is 2. The molecule has 21 heavy (non-hydrogen) atoms. The molecular formula is C18H30N2O. The minimum absolute atomic E-state index is 0.0227. The average molecular weight is 290 g/mol. The van der Waals surface area contributed by atoms with Crippen LogP contribution in [0.25, 0.3) is 0 Å². The minimum Gasteiger partial charge on any atom is -0.325 e. The lowest BCUT2D eigenvalue weighted by atomic mass is 10.0. The van der Waals surface area contributed by atoms with Gasteiger partial charge in [0.2, 0.25) is 5.91 Å². The smallest absolute Gasteiger partial charge is 0.241 e. The fourth-order valence-corrected chi connectivity index (χ4v) is 2.31. The number of carbonyl (C=O) groups is 1. The highest BCUT2D eigenvalue weighted by molar-refractivity contribution is 5.94. The van der Waals surface area contributed by atoms with E-state index in [4.69, 9.17) is 0 Å². The zero-order valence-electron chi connectivity index (χ0n) is 14.1. The van der Waals surface area contributed by atoms with Crippen LogP contribution < -0.4 is 10.6 Å². The van der Waals surface area contributed by atoms with Gasteiger partial charge in [-0.15, -0.1) is 0 Å². The van der Waals surface area contributed by atoms with Gasteiger partial charge >= 0.3 is 0 Å². The van der Waals surface area contributed by atoms with Crippen LogP contribution in [0.2, 0.25) is 0 Å². The number of hydrogen-bond donors (Lipinski definition) is 2. The molecule has 3 heteroatoms. The van der Waals surface area contributed by atoms with Crippen LogP contribution in [0.5, 0.6) is 0 Å². The van der Waals surface area contributed by atoms with Crippen molar-refractivity contribution >= 4 is 11.6 Å². The molecule has 118 valence electrons. The second-order valence-electron chi connectivity index (χ2n) is 6.47. The van der Waals surface area contributed by atoms with E-state index in [-0.39, 0.29) is 11.9 Å². The van der Waals surface area contributed by atoms with E-state index in [1.54, 1.807) is 0 Å². The largest absolute Gasteiger partial charge is 0.325 e. The molecule has 1 amide bonds. The molecule has 1 rings (SSSR count). The maximum atomic E-state index is 12.1. The van der Waals surface area contributed by atoms with E-state index in [1.165, 1.54) is 18.4 Å². The lowest BCUT2D eigenvalue weighted by Crippen LogP contribution is -2.42. The second-order valence-corrected chi connectivity index (χ2v) is 6.47. The summed E-state index contributed by atoms with van der Waals surface area (Å²) in [6, 6.07) is 8.06. The van der Waals surface area contributed by atoms with Gasteiger partial charge in [0.25, 0.3) is 0 Å². The van der Waals surface area contributed by atoms with Crippen molar-refractivity contribution in [3.8, 4) is 0 Å². The van der Waals surface area contributed by atoms with Crippen molar-refractivity contribution in [1.82, 2.24) is 5.32 Å². The Morgan fingerprint density at radius 2 is 1.67 bits per heavy atom. The molecule has 1 aromatic rings. The van der Waals surface area contributed by atoms with Gasteiger partial charge in [0.05, 0.1) is 6.04 Å². The monoisotopic (exact) mass is 290 g/mol. The topological polar surface area (TPSA) is 41.1 Å². The third-order valence-corrected chi connectivity index (χ3v) is 3.67. The van der Waals surface area contributed by atoms with Gasteiger partial charge in [-0.1, -0.05) is 44.4 Å². The molecule has 0 aliphatic heterocycles. The molecule has 0 heterocycles. The summed E-state index contributed by atoms with van der Waals surface area (Å²) < 4.78 is 0. The van der Waals surface area contributed by atoms with Crippen LogP contribution in [-0.2, 0) is 4.79 Å². The Labute approximate surface area is 129 Å². The first-order chi connectivity index (χ1) is 9.88. The zero-order valence-corrected chi connectivity index (χ0v) is 14.1. The number of rotatable bonds is 8. The van der Waals surface area contributed by atoms with Crippen LogP contribution in [0.1, 0.15) is 52.5 Å². The number of carbonyl (C=O) groups excluding carboxylic acids is 1. The fraction of sp³-hybridized carbons (Fsp3) is 0.611. The summed E-state index contributed by atoms with van der Waals surface area (Å²) in [6.07, 6.45) is 3.56. The van der Waals surface area contributed by atoms with Gasteiger partial charge in [-0.2, -0.15) is 0 Å². The lowest BCUT2D eigenvalue weighted by Gasteiger charge is -2.20. The predicted octanol–water partition coefficient (Wildman–Crippen LogP) is 4.13. The van der Waals surface area contributed by atoms with Gasteiger partial charge in [0.1, 0.15) is 0 Å². The van der Waals surface area contributed by atoms with E-state index in [0.717, 1.165) is 18.0 Å². The zero-order chi connectivity index (χ0) is 15.8. The lowest BCUT2D eigenvalue weighted by molar-refractivity contribution is -0.117. The third kappa shape index (κ3) is 7.28. The number of amides is 1. The highest BCUT2D eigenvalue weighted by Gasteiger charge is 2.15. The molecule has 2 unspecified atom stereocenters. The average Bonchev–Trinajstić information content (AvgIpc) is 2.40. The van der Waals surface area contributed by atoms with E-state index in [0.29, 0.717) is 6.04 Å². The van der Waals surface area contributed by atoms with Crippen molar-refractivity contribution in [1.29, 1.82) is 0 Å². The molecule has 0 aromatic heterocycles. The van der Waals surface area contributed by atoms with Crippen molar-refractivity contribution in [3.05, 3.63) is 29.8 Å². The highest BCUT2D eigenvalue weighted by Crippen LogP contribution is 2.10. The van der Waals surface area contributed by atoms with E-state index >= 15 is 0 Å². The summed E-state index contributed by atoms with van der Waals surface area (Å²) in [7, 11) is 0. The molecular weight excluding hydrogens is 260 g/mol. The molecule has 0 fully saturated rings. The molecule has 0 radical (unpaired) electrons. The van der Waals surface area contributed by atoms with Crippen LogP contribution in [-0.4, -0.2) is 18.0 Å². The van der Waals surface area contributed by atoms with Gasteiger partial charge in [0, 0.05) is 11.7 Å². The first kappa shape index (κ1) is 17.7. The molecule has 2 N–H and O–H groups in total. The van der Waals surface area contributed by atoms with Crippen LogP contribution >= 0.6 is 0 Å². The first-order valence-electron chi connectivity index (χ1n) is 8.02. The van der Waals surface area contributed by atoms with Crippen LogP contribution in [0.3, 0.4) is 0 Å². The van der Waals surface area contributed by atoms with Crippen molar-refractivity contribution in [2.45, 2.75) is 66.0 Å². The molecule has 1 aromatic carbocycles. The Bertz CT molecular complexity index is 425. The third-order valence-electron chi connectivity index (χ3n) is 3.67. The Morgan fingerprint density at radius 1 is 1.05 bits per heavy atom. The number of aryl methyl sites for hydroxylation is 1. The first-order valence-corrected chi connectivity index (χ1v) is 8.02. The number of nitrogens with one attached hydrogen (secondary N) is 2. The van der Waals surface area contributed by atoms with Gasteiger partial charge in [-0.05, 0) is 45.2 Å². The van der Waals surface area contributed by atoms with Gasteiger partial charge in [0.15, 0.2) is 0 Å². The Hall–Kier alpha value is -1.35. The van der Waals surface area contributed by atoms with Gasteiger partial charge in [-0.3, -0.25) is 4.79 Å². The van der Waals surface area contributed by atoms with Gasteiger partial charge in [-0.25, -0.2) is 0 Å². The fourth-order valence-electron chi connectivity index (χ4n) is 2.31. The number of anilines is 1. The molecule has 2 atom stereocenters. The molecule has 0 bridgehead atoms. The minimum atomic E-state index is -0.180. The molecule has 3 nitrogen and oxygen atoms in total. The quantitative estimate of drug-likeness (QED) is 0.756. The standard InChI is InChI=1S/C18H30N2O/c1-13(2)7-6-8-15(4)19-16(5)18(21)20-17-11-9-14(3)10-12-17/h9-13,15-16,19H,6-8H2,1-5H3,(H,20,21). The molecule has 0 spiro atoms. The van der Waals surface area contributed by atoms with Crippen molar-refractivity contribution in [3.63, 3.8) is 0 Å². The maximum Gasteiger partial charge on any atom is 0.241 e. The SMILES string of the molecule is Cc1ccc(NC(=O)C(C)NC(C)CCCC(C)C)cc1. The Morgan fingerprint density at radius 3 is 2.24 bits per heavy atom. The Balaban J connectivity index is 2.34. The summed E-state index contributed by atoms with van der Waals surface area (Å²) in [6.45, 7) is 10.6. The van der Waals surface area contributed by atoms with Crippen molar-refractivity contribution in [2.75, 3.05) is 5.32 Å². The van der Waals surface area contributed by atoms with Gasteiger partial charge < -0.3 is 10.6 Å². The summed E-state index contributed by atoms with van der Waals surface area (Å²) in [4.78, 5) is 12.1. The normalized spacial score (nSPS) is 14.0. The number of benzene rings is 1. The van der Waals surface area contributed by atoms with E-state index < -0.39 is 0 Å². The summed E-state index contributed by atoms with van der Waals surface area (Å²) in [5, 5.41) is 6.32. The van der Waals surface area contributed by atoms with E-state index in [9.17, 15) is 4.79 Å². The van der Waals surface area contributed by atoms with Crippen LogP contribution in [0.4, 0.5) is 5.69 Å². The van der Waals surface area contributed by atoms with Crippen molar-refractivity contribution in [2.24, 2.45) is 5.92 Å². The maximum absolute atomic E-state index is 12.1. The summed E-state index contributed by atoms with van der Waals surface area (Å²) in [5.41, 5.74) is 2.05. The molecule has 0 aliphatic rings. The summed E-state index contributed by atoms with van der Waals surface area (Å²) in [5.74, 6) is 0.772. The Kier molecular flexibility index (Phi) is 7.44. The van der Waals surface area contributed by atoms with E-state index in [2.05, 4.69) is 31.4 Å². The van der Waals surface area contributed by atoms with Crippen LogP contribution in [0.15, 0.2) is 24.3 Å². The van der Waals surface area contributed by atoms with Crippen LogP contribution in [0, 0.1) is 12.8 Å². The molecule has 0 saturated carbocycles. The predicted molar refractivity (Wildman–Crippen MR) is 90.6 cm³/mol. The van der Waals surface area contributed by atoms with Crippen molar-refractivity contribution < 1.29 is 4.79 Å². The summed E-state index contributed by atoms with van der Waals surface area (Å²) >= 11 is 0. The highest BCUT2D eigenvalue weighted by atomic mass is 16.2. The van der Waals surface area contributed by atoms with E-state index in [1.807, 2.05) is 38.1 Å².